The molecule has 106 valence electrons. The first kappa shape index (κ1) is 14.1. The number of aromatic nitrogens is 2. The fraction of sp³-hybridized carbons (Fsp3) is 0.333. The maximum atomic E-state index is 11.6. The van der Waals surface area contributed by atoms with E-state index in [-0.39, 0.29) is 5.56 Å². The minimum absolute atomic E-state index is 0.142. The molecule has 1 aromatic heterocycles. The molecule has 20 heavy (non-hydrogen) atoms. The molecule has 1 heterocycles. The third-order valence-corrected chi connectivity index (χ3v) is 2.91. The van der Waals surface area contributed by atoms with Crippen LogP contribution in [-0.2, 0) is 6.42 Å². The van der Waals surface area contributed by atoms with Gasteiger partial charge in [-0.2, -0.15) is 0 Å². The molecule has 0 fully saturated rings. The number of rotatable bonds is 6. The summed E-state index contributed by atoms with van der Waals surface area (Å²) in [5, 5.41) is 3.09. The zero-order valence-corrected chi connectivity index (χ0v) is 11.8. The smallest absolute Gasteiger partial charge is 0.252 e. The van der Waals surface area contributed by atoms with Crippen LogP contribution in [0.2, 0.25) is 0 Å². The van der Waals surface area contributed by atoms with Crippen molar-refractivity contribution >= 4 is 11.6 Å². The Kier molecular flexibility index (Phi) is 4.76. The van der Waals surface area contributed by atoms with Crippen LogP contribution < -0.4 is 15.6 Å². The lowest BCUT2D eigenvalue weighted by Crippen LogP contribution is -2.12. The summed E-state index contributed by atoms with van der Waals surface area (Å²) in [6.07, 6.45) is 2.91. The number of H-pyrrole nitrogens is 1. The lowest BCUT2D eigenvalue weighted by Gasteiger charge is -2.08. The Balaban J connectivity index is 2.19. The minimum atomic E-state index is -0.142. The predicted octanol–water partition coefficient (Wildman–Crippen LogP) is 2.86. The Morgan fingerprint density at radius 1 is 1.35 bits per heavy atom. The Morgan fingerprint density at radius 2 is 2.20 bits per heavy atom. The molecule has 0 saturated carbocycles. The van der Waals surface area contributed by atoms with Crippen LogP contribution in [0.1, 0.15) is 25.5 Å². The van der Waals surface area contributed by atoms with E-state index in [1.165, 1.54) is 0 Å². The summed E-state index contributed by atoms with van der Waals surface area (Å²) >= 11 is 0. The second kappa shape index (κ2) is 6.75. The van der Waals surface area contributed by atoms with Gasteiger partial charge < -0.3 is 10.1 Å². The van der Waals surface area contributed by atoms with Crippen molar-refractivity contribution < 1.29 is 4.74 Å². The Hall–Kier alpha value is -2.30. The highest BCUT2D eigenvalue weighted by molar-refractivity contribution is 5.55. The van der Waals surface area contributed by atoms with Gasteiger partial charge in [-0.15, -0.1) is 0 Å². The van der Waals surface area contributed by atoms with Gasteiger partial charge in [0.15, 0.2) is 0 Å². The highest BCUT2D eigenvalue weighted by Gasteiger charge is 2.02. The van der Waals surface area contributed by atoms with Gasteiger partial charge in [0, 0.05) is 23.5 Å². The molecule has 0 radical (unpaired) electrons. The monoisotopic (exact) mass is 273 g/mol. The number of hydrogen-bond donors (Lipinski definition) is 2. The molecule has 0 amide bonds. The van der Waals surface area contributed by atoms with Gasteiger partial charge in [0.1, 0.15) is 5.75 Å². The number of ether oxygens (including phenoxy) is 1. The highest BCUT2D eigenvalue weighted by Crippen LogP contribution is 2.19. The number of aryl methyl sites for hydroxylation is 1. The van der Waals surface area contributed by atoms with E-state index in [1.54, 1.807) is 13.2 Å². The van der Waals surface area contributed by atoms with Crippen LogP contribution in [0.4, 0.5) is 11.6 Å². The van der Waals surface area contributed by atoms with Crippen LogP contribution in [-0.4, -0.2) is 17.1 Å². The van der Waals surface area contributed by atoms with Crippen LogP contribution in [0, 0.1) is 0 Å². The summed E-state index contributed by atoms with van der Waals surface area (Å²) in [5.41, 5.74) is 1.48. The summed E-state index contributed by atoms with van der Waals surface area (Å²) in [6.45, 7) is 2.11. The van der Waals surface area contributed by atoms with Gasteiger partial charge in [-0.3, -0.25) is 9.78 Å². The number of unbranched alkanes of at least 4 members (excludes halogenated alkanes) is 1. The quantitative estimate of drug-likeness (QED) is 0.849. The Bertz CT molecular complexity index is 623. The SMILES string of the molecule is CCCCc1cc(=O)[nH]c(Nc2cccc(OC)c2)n1. The van der Waals surface area contributed by atoms with Gasteiger partial charge in [0.05, 0.1) is 7.11 Å². The second-order valence-corrected chi connectivity index (χ2v) is 4.55. The third kappa shape index (κ3) is 3.85. The van der Waals surface area contributed by atoms with Crippen LogP contribution in [0.5, 0.6) is 5.75 Å². The third-order valence-electron chi connectivity index (χ3n) is 2.91. The van der Waals surface area contributed by atoms with Gasteiger partial charge in [0.25, 0.3) is 5.56 Å². The molecule has 0 aliphatic heterocycles. The van der Waals surface area contributed by atoms with E-state index in [4.69, 9.17) is 4.74 Å². The van der Waals surface area contributed by atoms with Crippen molar-refractivity contribution in [3.05, 3.63) is 46.4 Å². The maximum absolute atomic E-state index is 11.6. The summed E-state index contributed by atoms with van der Waals surface area (Å²) < 4.78 is 5.16. The number of nitrogens with one attached hydrogen (secondary N) is 2. The van der Waals surface area contributed by atoms with Crippen LogP contribution in [0.15, 0.2) is 35.1 Å². The van der Waals surface area contributed by atoms with Crippen molar-refractivity contribution in [3.8, 4) is 5.75 Å². The van der Waals surface area contributed by atoms with E-state index in [0.29, 0.717) is 5.95 Å². The lowest BCUT2D eigenvalue weighted by molar-refractivity contribution is 0.415. The zero-order chi connectivity index (χ0) is 14.4. The van der Waals surface area contributed by atoms with Crippen molar-refractivity contribution in [1.82, 2.24) is 9.97 Å². The molecule has 5 nitrogen and oxygen atoms in total. The number of aromatic amines is 1. The standard InChI is InChI=1S/C15H19N3O2/c1-3-4-6-12-10-14(19)18-15(17-12)16-11-7-5-8-13(9-11)20-2/h5,7-10H,3-4,6H2,1-2H3,(H2,16,17,18,19). The van der Waals surface area contributed by atoms with Gasteiger partial charge in [0.2, 0.25) is 5.95 Å². The number of anilines is 2. The molecule has 2 aromatic rings. The van der Waals surface area contributed by atoms with E-state index in [2.05, 4.69) is 22.2 Å². The predicted molar refractivity (Wildman–Crippen MR) is 79.7 cm³/mol. The molecule has 0 spiro atoms. The largest absolute Gasteiger partial charge is 0.497 e. The Morgan fingerprint density at radius 3 is 2.95 bits per heavy atom. The van der Waals surface area contributed by atoms with Crippen LogP contribution >= 0.6 is 0 Å². The average molecular weight is 273 g/mol. The minimum Gasteiger partial charge on any atom is -0.497 e. The fourth-order valence-corrected chi connectivity index (χ4v) is 1.89. The topological polar surface area (TPSA) is 67.0 Å². The number of methoxy groups -OCH3 is 1. The molecular weight excluding hydrogens is 254 g/mol. The molecule has 0 atom stereocenters. The Labute approximate surface area is 118 Å². The molecule has 2 rings (SSSR count). The van der Waals surface area contributed by atoms with Gasteiger partial charge in [-0.1, -0.05) is 19.4 Å². The summed E-state index contributed by atoms with van der Waals surface area (Å²) in [5.74, 6) is 1.20. The van der Waals surface area contributed by atoms with E-state index in [0.717, 1.165) is 36.4 Å². The highest BCUT2D eigenvalue weighted by atomic mass is 16.5. The molecule has 2 N–H and O–H groups in total. The maximum Gasteiger partial charge on any atom is 0.252 e. The van der Waals surface area contributed by atoms with Crippen molar-refractivity contribution in [3.63, 3.8) is 0 Å². The van der Waals surface area contributed by atoms with E-state index < -0.39 is 0 Å². The summed E-state index contributed by atoms with van der Waals surface area (Å²) in [4.78, 5) is 18.7. The number of benzene rings is 1. The molecule has 0 unspecified atom stereocenters. The van der Waals surface area contributed by atoms with E-state index in [1.807, 2.05) is 24.3 Å². The van der Waals surface area contributed by atoms with Crippen LogP contribution in [0.3, 0.4) is 0 Å². The molecule has 5 heteroatoms. The van der Waals surface area contributed by atoms with Crippen LogP contribution in [0.25, 0.3) is 0 Å². The van der Waals surface area contributed by atoms with Crippen molar-refractivity contribution in [2.24, 2.45) is 0 Å². The molecule has 0 saturated heterocycles. The van der Waals surface area contributed by atoms with Crippen molar-refractivity contribution in [2.45, 2.75) is 26.2 Å². The zero-order valence-electron chi connectivity index (χ0n) is 11.8. The first-order chi connectivity index (χ1) is 9.71. The van der Waals surface area contributed by atoms with Gasteiger partial charge >= 0.3 is 0 Å². The summed E-state index contributed by atoms with van der Waals surface area (Å²) in [7, 11) is 1.62. The first-order valence-corrected chi connectivity index (χ1v) is 6.72. The molecule has 0 bridgehead atoms. The first-order valence-electron chi connectivity index (χ1n) is 6.72. The second-order valence-electron chi connectivity index (χ2n) is 4.55. The van der Waals surface area contributed by atoms with Crippen molar-refractivity contribution in [1.29, 1.82) is 0 Å². The fourth-order valence-electron chi connectivity index (χ4n) is 1.89. The summed E-state index contributed by atoms with van der Waals surface area (Å²) in [6, 6.07) is 9.02. The molecular formula is C15H19N3O2. The molecule has 0 aliphatic rings. The number of hydrogen-bond acceptors (Lipinski definition) is 4. The number of nitrogens with zero attached hydrogens (tertiary/aromatic N) is 1. The average Bonchev–Trinajstić information content (AvgIpc) is 2.44. The molecule has 0 aliphatic carbocycles. The van der Waals surface area contributed by atoms with Crippen molar-refractivity contribution in [2.75, 3.05) is 12.4 Å². The molecule has 1 aromatic carbocycles. The lowest BCUT2D eigenvalue weighted by atomic mass is 10.2. The normalized spacial score (nSPS) is 10.3. The van der Waals surface area contributed by atoms with Gasteiger partial charge in [-0.05, 0) is 25.0 Å². The van der Waals surface area contributed by atoms with E-state index in [9.17, 15) is 4.79 Å². The van der Waals surface area contributed by atoms with Gasteiger partial charge in [-0.25, -0.2) is 4.98 Å². The van der Waals surface area contributed by atoms with E-state index >= 15 is 0 Å².